The van der Waals surface area contributed by atoms with Gasteiger partial charge in [-0.3, -0.25) is 0 Å². The van der Waals surface area contributed by atoms with Crippen LogP contribution >= 0.6 is 0 Å². The topological polar surface area (TPSA) is 21.3 Å². The molecule has 0 aliphatic rings. The highest BCUT2D eigenvalue weighted by Crippen LogP contribution is 2.26. The van der Waals surface area contributed by atoms with Gasteiger partial charge >= 0.3 is 6.36 Å². The standard InChI is InChI=1S/C14H18F3NO/c1-4-10(2)11(3)18-9-12-7-5-6-8-13(12)19-14(15,16)17/h5-8,18H,4,9H2,1-3H3. The normalized spacial score (nSPS) is 12.9. The van der Waals surface area contributed by atoms with Crippen molar-refractivity contribution in [2.24, 2.45) is 0 Å². The summed E-state index contributed by atoms with van der Waals surface area (Å²) >= 11 is 0. The zero-order chi connectivity index (χ0) is 14.5. The first-order valence-corrected chi connectivity index (χ1v) is 6.07. The summed E-state index contributed by atoms with van der Waals surface area (Å²) in [6.45, 7) is 6.23. The first-order chi connectivity index (χ1) is 8.83. The number of hydrogen-bond donors (Lipinski definition) is 1. The van der Waals surface area contributed by atoms with Crippen LogP contribution in [0.1, 0.15) is 32.8 Å². The fourth-order valence-corrected chi connectivity index (χ4v) is 1.52. The molecule has 0 radical (unpaired) electrons. The van der Waals surface area contributed by atoms with Gasteiger partial charge in [-0.2, -0.15) is 0 Å². The second kappa shape index (κ2) is 6.50. The van der Waals surface area contributed by atoms with Gasteiger partial charge in [-0.25, -0.2) is 0 Å². The number of rotatable bonds is 5. The Balaban J connectivity index is 2.79. The summed E-state index contributed by atoms with van der Waals surface area (Å²) in [6, 6.07) is 6.13. The van der Waals surface area contributed by atoms with Crippen LogP contribution in [0.4, 0.5) is 13.2 Å². The highest BCUT2D eigenvalue weighted by atomic mass is 19.4. The Morgan fingerprint density at radius 1 is 1.21 bits per heavy atom. The van der Waals surface area contributed by atoms with Crippen molar-refractivity contribution < 1.29 is 17.9 Å². The summed E-state index contributed by atoms with van der Waals surface area (Å²) in [4.78, 5) is 0. The number of para-hydroxylation sites is 1. The first-order valence-electron chi connectivity index (χ1n) is 6.07. The molecule has 0 spiro atoms. The minimum absolute atomic E-state index is 0.163. The molecule has 0 atom stereocenters. The molecule has 0 unspecified atom stereocenters. The average molecular weight is 273 g/mol. The Bertz CT molecular complexity index is 452. The van der Waals surface area contributed by atoms with Gasteiger partial charge in [0.05, 0.1) is 0 Å². The number of hydrogen-bond acceptors (Lipinski definition) is 2. The summed E-state index contributed by atoms with van der Waals surface area (Å²) in [5, 5.41) is 3.11. The number of ether oxygens (including phenoxy) is 1. The number of halogens is 3. The Morgan fingerprint density at radius 2 is 1.84 bits per heavy atom. The van der Waals surface area contributed by atoms with Crippen molar-refractivity contribution in [2.75, 3.05) is 0 Å². The lowest BCUT2D eigenvalue weighted by Gasteiger charge is -2.15. The maximum atomic E-state index is 12.3. The van der Waals surface area contributed by atoms with Crippen LogP contribution < -0.4 is 10.1 Å². The number of benzene rings is 1. The lowest BCUT2D eigenvalue weighted by atomic mass is 10.1. The monoisotopic (exact) mass is 273 g/mol. The Morgan fingerprint density at radius 3 is 2.42 bits per heavy atom. The van der Waals surface area contributed by atoms with Crippen LogP contribution in [0.2, 0.25) is 0 Å². The van der Waals surface area contributed by atoms with Crippen LogP contribution in [0.15, 0.2) is 35.5 Å². The van der Waals surface area contributed by atoms with Gasteiger partial charge in [-0.1, -0.05) is 30.7 Å². The predicted octanol–water partition coefficient (Wildman–Crippen LogP) is 4.38. The van der Waals surface area contributed by atoms with Crippen LogP contribution in [0.5, 0.6) is 5.75 Å². The van der Waals surface area contributed by atoms with Crippen molar-refractivity contribution in [1.82, 2.24) is 5.32 Å². The van der Waals surface area contributed by atoms with Gasteiger partial charge < -0.3 is 10.1 Å². The largest absolute Gasteiger partial charge is 0.573 e. The molecule has 0 saturated carbocycles. The molecular formula is C14H18F3NO. The molecule has 19 heavy (non-hydrogen) atoms. The van der Waals surface area contributed by atoms with E-state index in [1.54, 1.807) is 12.1 Å². The minimum Gasteiger partial charge on any atom is -0.405 e. The van der Waals surface area contributed by atoms with Gasteiger partial charge in [0.15, 0.2) is 0 Å². The van der Waals surface area contributed by atoms with Crippen LogP contribution in [-0.2, 0) is 6.54 Å². The van der Waals surface area contributed by atoms with Gasteiger partial charge in [-0.15, -0.1) is 13.2 Å². The summed E-state index contributed by atoms with van der Waals surface area (Å²) in [7, 11) is 0. The second-order valence-corrected chi connectivity index (χ2v) is 4.27. The van der Waals surface area contributed by atoms with Gasteiger partial charge in [0.1, 0.15) is 5.75 Å². The summed E-state index contributed by atoms with van der Waals surface area (Å²) < 4.78 is 40.7. The molecule has 0 amide bonds. The molecule has 106 valence electrons. The molecule has 1 rings (SSSR count). The summed E-state index contributed by atoms with van der Waals surface area (Å²) in [5.74, 6) is -0.163. The first kappa shape index (κ1) is 15.4. The fourth-order valence-electron chi connectivity index (χ4n) is 1.52. The Hall–Kier alpha value is -1.65. The molecule has 0 heterocycles. The molecule has 0 aliphatic carbocycles. The molecule has 0 fully saturated rings. The molecule has 1 N–H and O–H groups in total. The van der Waals surface area contributed by atoms with Gasteiger partial charge in [-0.05, 0) is 26.3 Å². The fraction of sp³-hybridized carbons (Fsp3) is 0.429. The van der Waals surface area contributed by atoms with Crippen molar-refractivity contribution in [3.63, 3.8) is 0 Å². The molecular weight excluding hydrogens is 255 g/mol. The van der Waals surface area contributed by atoms with E-state index in [-0.39, 0.29) is 5.75 Å². The van der Waals surface area contributed by atoms with E-state index >= 15 is 0 Å². The third-order valence-electron chi connectivity index (χ3n) is 2.91. The maximum Gasteiger partial charge on any atom is 0.573 e. The summed E-state index contributed by atoms with van der Waals surface area (Å²) in [6.07, 6.45) is -3.76. The molecule has 0 bridgehead atoms. The van der Waals surface area contributed by atoms with Crippen molar-refractivity contribution in [3.8, 4) is 5.75 Å². The van der Waals surface area contributed by atoms with Crippen molar-refractivity contribution in [1.29, 1.82) is 0 Å². The van der Waals surface area contributed by atoms with Crippen molar-refractivity contribution in [2.45, 2.75) is 40.1 Å². The van der Waals surface area contributed by atoms with E-state index in [9.17, 15) is 13.2 Å². The number of alkyl halides is 3. The number of allylic oxidation sites excluding steroid dienone is 2. The average Bonchev–Trinajstić information content (AvgIpc) is 2.34. The SMILES string of the molecule is CCC(C)=C(C)NCc1ccccc1OC(F)(F)F. The maximum absolute atomic E-state index is 12.3. The molecule has 1 aromatic rings. The zero-order valence-corrected chi connectivity index (χ0v) is 11.3. The lowest BCUT2D eigenvalue weighted by Crippen LogP contribution is -2.19. The van der Waals surface area contributed by atoms with Gasteiger partial charge in [0.2, 0.25) is 0 Å². The van der Waals surface area contributed by atoms with E-state index in [4.69, 9.17) is 0 Å². The van der Waals surface area contributed by atoms with E-state index < -0.39 is 6.36 Å². The van der Waals surface area contributed by atoms with E-state index in [0.717, 1.165) is 12.1 Å². The highest BCUT2D eigenvalue weighted by Gasteiger charge is 2.31. The molecule has 2 nitrogen and oxygen atoms in total. The van der Waals surface area contributed by atoms with Crippen molar-refractivity contribution >= 4 is 0 Å². The van der Waals surface area contributed by atoms with Gasteiger partial charge in [0, 0.05) is 17.8 Å². The molecule has 0 aromatic heterocycles. The number of nitrogens with one attached hydrogen (secondary N) is 1. The highest BCUT2D eigenvalue weighted by molar-refractivity contribution is 5.33. The summed E-state index contributed by atoms with van der Waals surface area (Å²) in [5.41, 5.74) is 2.63. The van der Waals surface area contributed by atoms with Crippen LogP contribution in [-0.4, -0.2) is 6.36 Å². The second-order valence-electron chi connectivity index (χ2n) is 4.27. The Labute approximate surface area is 111 Å². The predicted molar refractivity (Wildman–Crippen MR) is 68.6 cm³/mol. The van der Waals surface area contributed by atoms with Crippen LogP contribution in [0.3, 0.4) is 0 Å². The molecule has 1 aromatic carbocycles. The third kappa shape index (κ3) is 5.24. The smallest absolute Gasteiger partial charge is 0.405 e. The van der Waals surface area contributed by atoms with Crippen molar-refractivity contribution in [3.05, 3.63) is 41.1 Å². The zero-order valence-electron chi connectivity index (χ0n) is 11.3. The third-order valence-corrected chi connectivity index (χ3v) is 2.91. The Kier molecular flexibility index (Phi) is 5.27. The van der Waals surface area contributed by atoms with Crippen LogP contribution in [0, 0.1) is 0 Å². The molecule has 5 heteroatoms. The van der Waals surface area contributed by atoms with E-state index in [0.29, 0.717) is 12.1 Å². The van der Waals surface area contributed by atoms with Crippen LogP contribution in [0.25, 0.3) is 0 Å². The van der Waals surface area contributed by atoms with E-state index in [1.807, 2.05) is 20.8 Å². The van der Waals surface area contributed by atoms with E-state index in [1.165, 1.54) is 17.7 Å². The van der Waals surface area contributed by atoms with Gasteiger partial charge in [0.25, 0.3) is 0 Å². The molecule has 0 saturated heterocycles. The quantitative estimate of drug-likeness (QED) is 0.859. The minimum atomic E-state index is -4.67. The molecule has 0 aliphatic heterocycles. The van der Waals surface area contributed by atoms with E-state index in [2.05, 4.69) is 10.1 Å². The lowest BCUT2D eigenvalue weighted by molar-refractivity contribution is -0.274.